The van der Waals surface area contributed by atoms with Crippen molar-refractivity contribution in [1.82, 2.24) is 9.97 Å². The first-order chi connectivity index (χ1) is 16.6. The number of rotatable bonds is 6. The average Bonchev–Trinajstić information content (AvgIpc) is 3.56. The number of hydrogen-bond donors (Lipinski definition) is 1. The molecule has 0 saturated carbocycles. The van der Waals surface area contributed by atoms with E-state index in [1.165, 1.54) is 6.26 Å². The predicted molar refractivity (Wildman–Crippen MR) is 125 cm³/mol. The van der Waals surface area contributed by atoms with Crippen molar-refractivity contribution in [1.29, 1.82) is 0 Å². The molecular weight excluding hydrogens is 458 g/mol. The Labute approximate surface area is 198 Å². The summed E-state index contributed by atoms with van der Waals surface area (Å²) >= 11 is 5.91. The highest BCUT2D eigenvalue weighted by molar-refractivity contribution is 6.30. The summed E-state index contributed by atoms with van der Waals surface area (Å²) < 4.78 is 16.2. The molecule has 168 valence electrons. The van der Waals surface area contributed by atoms with Crippen LogP contribution in [-0.4, -0.2) is 28.5 Å². The van der Waals surface area contributed by atoms with Crippen molar-refractivity contribution in [3.8, 4) is 22.9 Å². The van der Waals surface area contributed by atoms with E-state index in [1.807, 2.05) is 0 Å². The predicted octanol–water partition coefficient (Wildman–Crippen LogP) is 5.60. The Morgan fingerprint density at radius 1 is 0.853 bits per heavy atom. The highest BCUT2D eigenvalue weighted by Crippen LogP contribution is 2.31. The largest absolute Gasteiger partial charge is 0.463 e. The maximum absolute atomic E-state index is 12.6. The number of ether oxygens (including phenoxy) is 1. The van der Waals surface area contributed by atoms with Crippen LogP contribution < -0.4 is 5.32 Å². The molecular formula is C25H16ClN3O5. The minimum Gasteiger partial charge on any atom is -0.463 e. The van der Waals surface area contributed by atoms with Crippen LogP contribution in [0.15, 0.2) is 88.1 Å². The van der Waals surface area contributed by atoms with Crippen LogP contribution in [0.3, 0.4) is 0 Å². The number of hydrogen-bond acceptors (Lipinski definition) is 7. The number of carbonyl (C=O) groups is 2. The highest BCUT2D eigenvalue weighted by Gasteiger charge is 2.18. The van der Waals surface area contributed by atoms with Crippen molar-refractivity contribution >= 4 is 40.2 Å². The Morgan fingerprint density at radius 2 is 1.56 bits per heavy atom. The van der Waals surface area contributed by atoms with Crippen LogP contribution in [0, 0.1) is 0 Å². The minimum absolute atomic E-state index is 0.230. The van der Waals surface area contributed by atoms with Crippen LogP contribution in [0.2, 0.25) is 5.02 Å². The molecule has 2 aromatic carbocycles. The fourth-order valence-corrected chi connectivity index (χ4v) is 3.52. The lowest BCUT2D eigenvalue weighted by Crippen LogP contribution is -2.20. The quantitative estimate of drug-likeness (QED) is 0.320. The molecule has 0 saturated heterocycles. The lowest BCUT2D eigenvalue weighted by atomic mass is 10.1. The molecule has 3 heterocycles. The molecule has 0 fully saturated rings. The van der Waals surface area contributed by atoms with E-state index in [0.717, 1.165) is 0 Å². The summed E-state index contributed by atoms with van der Waals surface area (Å²) in [7, 11) is 0. The van der Waals surface area contributed by atoms with Gasteiger partial charge in [0.1, 0.15) is 11.4 Å². The smallest absolute Gasteiger partial charge is 0.338 e. The van der Waals surface area contributed by atoms with Crippen molar-refractivity contribution < 1.29 is 23.2 Å². The van der Waals surface area contributed by atoms with E-state index in [0.29, 0.717) is 44.7 Å². The molecule has 9 heteroatoms. The Hall–Kier alpha value is -4.43. The maximum Gasteiger partial charge on any atom is 0.338 e. The van der Waals surface area contributed by atoms with E-state index < -0.39 is 18.5 Å². The molecule has 3 aromatic heterocycles. The van der Waals surface area contributed by atoms with Gasteiger partial charge in [0.2, 0.25) is 0 Å². The SMILES string of the molecule is O=C(COC(=O)c1ccc2nc(-c3ccco3)c(-c3ccco3)nc2c1)Nc1cccc(Cl)c1. The van der Waals surface area contributed by atoms with Crippen molar-refractivity contribution in [3.05, 3.63) is 89.8 Å². The molecule has 5 aromatic rings. The third-order valence-electron chi connectivity index (χ3n) is 4.85. The molecule has 0 aliphatic rings. The standard InChI is InChI=1S/C25H16ClN3O5/c26-16-4-1-5-17(13-16)27-22(30)14-34-25(31)15-8-9-18-19(12-15)29-24(21-7-3-11-33-21)23(28-18)20-6-2-10-32-20/h1-13H,14H2,(H,27,30). The topological polar surface area (TPSA) is 107 Å². The van der Waals surface area contributed by atoms with E-state index in [-0.39, 0.29) is 5.56 Å². The van der Waals surface area contributed by atoms with Crippen molar-refractivity contribution in [2.45, 2.75) is 0 Å². The van der Waals surface area contributed by atoms with Gasteiger partial charge in [-0.3, -0.25) is 4.79 Å². The van der Waals surface area contributed by atoms with Crippen molar-refractivity contribution in [2.75, 3.05) is 11.9 Å². The number of carbonyl (C=O) groups excluding carboxylic acids is 2. The second-order valence-corrected chi connectivity index (χ2v) is 7.65. The van der Waals surface area contributed by atoms with Crippen LogP contribution in [0.25, 0.3) is 33.9 Å². The summed E-state index contributed by atoms with van der Waals surface area (Å²) in [5.74, 6) is -0.111. The van der Waals surface area contributed by atoms with Gasteiger partial charge < -0.3 is 18.9 Å². The van der Waals surface area contributed by atoms with Gasteiger partial charge in [-0.2, -0.15) is 0 Å². The molecule has 0 bridgehead atoms. The molecule has 8 nitrogen and oxygen atoms in total. The van der Waals surface area contributed by atoms with Crippen molar-refractivity contribution in [3.63, 3.8) is 0 Å². The number of aromatic nitrogens is 2. The Bertz CT molecular complexity index is 1480. The molecule has 1 amide bonds. The third-order valence-corrected chi connectivity index (χ3v) is 5.09. The molecule has 0 unspecified atom stereocenters. The summed E-state index contributed by atoms with van der Waals surface area (Å²) in [4.78, 5) is 34.0. The summed E-state index contributed by atoms with van der Waals surface area (Å²) in [6, 6.07) is 18.5. The maximum atomic E-state index is 12.6. The first-order valence-electron chi connectivity index (χ1n) is 10.2. The van der Waals surface area contributed by atoms with Gasteiger partial charge in [-0.1, -0.05) is 17.7 Å². The first kappa shape index (κ1) is 21.4. The number of furan rings is 2. The van der Waals surface area contributed by atoms with Gasteiger partial charge in [-0.15, -0.1) is 0 Å². The van der Waals surface area contributed by atoms with Gasteiger partial charge >= 0.3 is 5.97 Å². The number of anilines is 1. The lowest BCUT2D eigenvalue weighted by Gasteiger charge is -2.09. The lowest BCUT2D eigenvalue weighted by molar-refractivity contribution is -0.119. The fraction of sp³-hybridized carbons (Fsp3) is 0.0400. The second-order valence-electron chi connectivity index (χ2n) is 7.21. The van der Waals surface area contributed by atoms with Crippen LogP contribution in [0.4, 0.5) is 5.69 Å². The zero-order chi connectivity index (χ0) is 23.5. The number of benzene rings is 2. The molecule has 5 rings (SSSR count). The summed E-state index contributed by atoms with van der Waals surface area (Å²) in [6.07, 6.45) is 3.09. The number of halogens is 1. The zero-order valence-corrected chi connectivity index (χ0v) is 18.3. The van der Waals surface area contributed by atoms with E-state index in [2.05, 4.69) is 15.3 Å². The molecule has 0 aliphatic heterocycles. The number of fused-ring (bicyclic) bond motifs is 1. The number of nitrogens with one attached hydrogen (secondary N) is 1. The Kier molecular flexibility index (Phi) is 5.80. The molecule has 0 spiro atoms. The number of amides is 1. The zero-order valence-electron chi connectivity index (χ0n) is 17.5. The van der Waals surface area contributed by atoms with Gasteiger partial charge in [0.25, 0.3) is 5.91 Å². The minimum atomic E-state index is -0.667. The van der Waals surface area contributed by atoms with E-state index in [9.17, 15) is 9.59 Å². The average molecular weight is 474 g/mol. The van der Waals surface area contributed by atoms with Gasteiger partial charge in [0.05, 0.1) is 29.1 Å². The highest BCUT2D eigenvalue weighted by atomic mass is 35.5. The summed E-state index contributed by atoms with van der Waals surface area (Å²) in [6.45, 7) is -0.454. The normalized spacial score (nSPS) is 10.9. The molecule has 0 atom stereocenters. The number of esters is 1. The first-order valence-corrected chi connectivity index (χ1v) is 10.6. The van der Waals surface area contributed by atoms with E-state index in [1.54, 1.807) is 73.0 Å². The number of nitrogens with zero attached hydrogens (tertiary/aromatic N) is 2. The van der Waals surface area contributed by atoms with E-state index in [4.69, 9.17) is 25.2 Å². The summed E-state index contributed by atoms with van der Waals surface area (Å²) in [5.41, 5.74) is 2.73. The van der Waals surface area contributed by atoms with E-state index >= 15 is 0 Å². The molecule has 34 heavy (non-hydrogen) atoms. The fourth-order valence-electron chi connectivity index (χ4n) is 3.33. The Balaban J connectivity index is 1.37. The molecule has 0 radical (unpaired) electrons. The molecule has 0 aliphatic carbocycles. The Morgan fingerprint density at radius 3 is 2.21 bits per heavy atom. The van der Waals surface area contributed by atoms with Gasteiger partial charge in [0.15, 0.2) is 18.1 Å². The van der Waals surface area contributed by atoms with Gasteiger partial charge in [-0.25, -0.2) is 14.8 Å². The van der Waals surface area contributed by atoms with Crippen molar-refractivity contribution in [2.24, 2.45) is 0 Å². The van der Waals surface area contributed by atoms with Crippen LogP contribution in [0.1, 0.15) is 10.4 Å². The second kappa shape index (κ2) is 9.21. The third kappa shape index (κ3) is 4.53. The van der Waals surface area contributed by atoms with Crippen LogP contribution in [-0.2, 0) is 9.53 Å². The molecule has 1 N–H and O–H groups in total. The van der Waals surface area contributed by atoms with Gasteiger partial charge in [0, 0.05) is 10.7 Å². The summed E-state index contributed by atoms with van der Waals surface area (Å²) in [5, 5.41) is 3.10. The van der Waals surface area contributed by atoms with Crippen LogP contribution in [0.5, 0.6) is 0 Å². The monoisotopic (exact) mass is 473 g/mol. The van der Waals surface area contributed by atoms with Crippen LogP contribution >= 0.6 is 11.6 Å². The van der Waals surface area contributed by atoms with Gasteiger partial charge in [-0.05, 0) is 60.7 Å².